The largest absolute Gasteiger partial charge is 0.493 e. The van der Waals surface area contributed by atoms with Crippen LogP contribution in [0.3, 0.4) is 0 Å². The summed E-state index contributed by atoms with van der Waals surface area (Å²) in [6.45, 7) is -0.280. The fourth-order valence-electron chi connectivity index (χ4n) is 2.42. The zero-order chi connectivity index (χ0) is 17.8. The van der Waals surface area contributed by atoms with E-state index < -0.39 is 5.97 Å². The fourth-order valence-corrected chi connectivity index (χ4v) is 2.42. The number of ether oxygens (including phenoxy) is 3. The molecule has 1 aromatic heterocycles. The number of rotatable bonds is 5. The van der Waals surface area contributed by atoms with Gasteiger partial charge < -0.3 is 14.2 Å². The van der Waals surface area contributed by atoms with Gasteiger partial charge in [0.1, 0.15) is 6.54 Å². The number of aromatic nitrogens is 2. The molecule has 0 saturated heterocycles. The maximum Gasteiger partial charge on any atom is 0.331 e. The molecule has 0 aliphatic carbocycles. The van der Waals surface area contributed by atoms with Crippen LogP contribution in [0.15, 0.2) is 53.6 Å². The maximum atomic E-state index is 12.4. The molecule has 7 heteroatoms. The van der Waals surface area contributed by atoms with Gasteiger partial charge in [-0.3, -0.25) is 9.36 Å². The Kier molecular flexibility index (Phi) is 4.65. The summed E-state index contributed by atoms with van der Waals surface area (Å²) >= 11 is 0. The Morgan fingerprint density at radius 1 is 1.04 bits per heavy atom. The molecule has 0 fully saturated rings. The van der Waals surface area contributed by atoms with Crippen molar-refractivity contribution in [2.45, 2.75) is 6.54 Å². The van der Waals surface area contributed by atoms with E-state index in [1.54, 1.807) is 42.5 Å². The van der Waals surface area contributed by atoms with Crippen LogP contribution in [-0.2, 0) is 11.3 Å². The molecule has 3 aromatic rings. The van der Waals surface area contributed by atoms with Crippen molar-refractivity contribution in [1.82, 2.24) is 9.55 Å². The Hall–Kier alpha value is -3.35. The van der Waals surface area contributed by atoms with E-state index in [0.717, 1.165) is 0 Å². The molecule has 0 aliphatic rings. The Labute approximate surface area is 143 Å². The molecule has 0 bridgehead atoms. The van der Waals surface area contributed by atoms with E-state index >= 15 is 0 Å². The van der Waals surface area contributed by atoms with Crippen molar-refractivity contribution < 1.29 is 19.0 Å². The molecule has 2 aromatic carbocycles. The van der Waals surface area contributed by atoms with Crippen molar-refractivity contribution in [3.05, 3.63) is 59.1 Å². The van der Waals surface area contributed by atoms with E-state index in [2.05, 4.69) is 4.98 Å². The minimum atomic E-state index is -0.637. The first-order valence-corrected chi connectivity index (χ1v) is 7.50. The molecule has 1 heterocycles. The Balaban J connectivity index is 1.87. The van der Waals surface area contributed by atoms with Crippen molar-refractivity contribution >= 4 is 16.9 Å². The molecule has 0 unspecified atom stereocenters. The van der Waals surface area contributed by atoms with Crippen LogP contribution in [0.4, 0.5) is 0 Å². The molecule has 0 saturated carbocycles. The van der Waals surface area contributed by atoms with Gasteiger partial charge in [0, 0.05) is 0 Å². The van der Waals surface area contributed by atoms with Gasteiger partial charge in [0.15, 0.2) is 11.5 Å². The average molecular weight is 340 g/mol. The number of nitrogens with zero attached hydrogens (tertiary/aromatic N) is 2. The van der Waals surface area contributed by atoms with E-state index in [9.17, 15) is 9.59 Å². The van der Waals surface area contributed by atoms with Crippen molar-refractivity contribution in [3.63, 3.8) is 0 Å². The molecule has 7 nitrogen and oxygen atoms in total. The van der Waals surface area contributed by atoms with Gasteiger partial charge in [-0.15, -0.1) is 0 Å². The summed E-state index contributed by atoms with van der Waals surface area (Å²) in [4.78, 5) is 28.9. The minimum absolute atomic E-state index is 0.166. The van der Waals surface area contributed by atoms with Gasteiger partial charge in [-0.1, -0.05) is 18.2 Å². The van der Waals surface area contributed by atoms with E-state index in [1.165, 1.54) is 25.1 Å². The summed E-state index contributed by atoms with van der Waals surface area (Å²) in [5.74, 6) is 0.245. The highest BCUT2D eigenvalue weighted by molar-refractivity contribution is 5.78. The second-order valence-electron chi connectivity index (χ2n) is 5.16. The summed E-state index contributed by atoms with van der Waals surface area (Å²) in [5, 5.41) is 0.438. The molecule has 0 amide bonds. The molecule has 0 atom stereocenters. The quantitative estimate of drug-likeness (QED) is 0.522. The molecular formula is C18H16N2O5. The van der Waals surface area contributed by atoms with Crippen molar-refractivity contribution in [2.24, 2.45) is 0 Å². The Morgan fingerprint density at radius 3 is 2.40 bits per heavy atom. The summed E-state index contributed by atoms with van der Waals surface area (Å²) < 4.78 is 16.9. The smallest absolute Gasteiger partial charge is 0.331 e. The van der Waals surface area contributed by atoms with Crippen molar-refractivity contribution in [2.75, 3.05) is 14.2 Å². The van der Waals surface area contributed by atoms with Crippen LogP contribution in [0.2, 0.25) is 0 Å². The van der Waals surface area contributed by atoms with Crippen LogP contribution >= 0.6 is 0 Å². The number of carbonyl (C=O) groups is 1. The molecule has 25 heavy (non-hydrogen) atoms. The number of hydrogen-bond acceptors (Lipinski definition) is 6. The third kappa shape index (κ3) is 3.30. The number of benzene rings is 2. The molecular weight excluding hydrogens is 324 g/mol. The van der Waals surface area contributed by atoms with E-state index in [-0.39, 0.29) is 17.9 Å². The van der Waals surface area contributed by atoms with E-state index in [4.69, 9.17) is 14.2 Å². The number of carbonyl (C=O) groups excluding carboxylic acids is 1. The van der Waals surface area contributed by atoms with E-state index in [1.807, 2.05) is 0 Å². The zero-order valence-electron chi connectivity index (χ0n) is 13.8. The Bertz CT molecular complexity index is 958. The molecule has 3 rings (SSSR count). The predicted molar refractivity (Wildman–Crippen MR) is 91.2 cm³/mol. The lowest BCUT2D eigenvalue weighted by atomic mass is 10.2. The minimum Gasteiger partial charge on any atom is -0.493 e. The first-order chi connectivity index (χ1) is 12.1. The van der Waals surface area contributed by atoms with Crippen molar-refractivity contribution in [3.8, 4) is 17.2 Å². The SMILES string of the molecule is COc1cccc(OC)c1OC(=O)Cn1cnc2ccccc2c1=O. The summed E-state index contributed by atoms with van der Waals surface area (Å²) in [5.41, 5.74) is 0.262. The predicted octanol–water partition coefficient (Wildman–Crippen LogP) is 2.02. The summed E-state index contributed by atoms with van der Waals surface area (Å²) in [7, 11) is 2.92. The highest BCUT2D eigenvalue weighted by atomic mass is 16.6. The van der Waals surface area contributed by atoms with Gasteiger partial charge in [0.05, 0.1) is 31.4 Å². The fraction of sp³-hybridized carbons (Fsp3) is 0.167. The van der Waals surface area contributed by atoms with Gasteiger partial charge >= 0.3 is 5.97 Å². The monoisotopic (exact) mass is 340 g/mol. The van der Waals surface area contributed by atoms with Crippen LogP contribution < -0.4 is 19.8 Å². The van der Waals surface area contributed by atoms with Crippen LogP contribution in [-0.4, -0.2) is 29.7 Å². The van der Waals surface area contributed by atoms with Gasteiger partial charge in [-0.05, 0) is 24.3 Å². The van der Waals surface area contributed by atoms with Gasteiger partial charge in [-0.2, -0.15) is 0 Å². The normalized spacial score (nSPS) is 10.5. The maximum absolute atomic E-state index is 12.4. The molecule has 0 N–H and O–H groups in total. The lowest BCUT2D eigenvalue weighted by molar-refractivity contribution is -0.135. The van der Waals surface area contributed by atoms with E-state index in [0.29, 0.717) is 22.4 Å². The van der Waals surface area contributed by atoms with Crippen LogP contribution in [0, 0.1) is 0 Å². The van der Waals surface area contributed by atoms with Gasteiger partial charge in [-0.25, -0.2) is 9.78 Å². The van der Waals surface area contributed by atoms with Gasteiger partial charge in [0.25, 0.3) is 5.56 Å². The number of methoxy groups -OCH3 is 2. The molecule has 0 spiro atoms. The topological polar surface area (TPSA) is 79.7 Å². The highest BCUT2D eigenvalue weighted by Gasteiger charge is 2.17. The Morgan fingerprint density at radius 2 is 1.72 bits per heavy atom. The van der Waals surface area contributed by atoms with Crippen molar-refractivity contribution in [1.29, 1.82) is 0 Å². The first kappa shape index (κ1) is 16.5. The number of hydrogen-bond donors (Lipinski definition) is 0. The number of esters is 1. The van der Waals surface area contributed by atoms with Crippen LogP contribution in [0.5, 0.6) is 17.2 Å². The number of para-hydroxylation sites is 2. The molecule has 0 aliphatic heterocycles. The summed E-state index contributed by atoms with van der Waals surface area (Å²) in [6, 6.07) is 11.9. The van der Waals surface area contributed by atoms with Gasteiger partial charge in [0.2, 0.25) is 5.75 Å². The number of fused-ring (bicyclic) bond motifs is 1. The zero-order valence-corrected chi connectivity index (χ0v) is 13.8. The molecule has 128 valence electrons. The standard InChI is InChI=1S/C18H16N2O5/c1-23-14-8-5-9-15(24-2)17(14)25-16(21)10-20-11-19-13-7-4-3-6-12(13)18(20)22/h3-9,11H,10H2,1-2H3. The third-order valence-corrected chi connectivity index (χ3v) is 3.63. The molecule has 0 radical (unpaired) electrons. The first-order valence-electron chi connectivity index (χ1n) is 7.50. The summed E-state index contributed by atoms with van der Waals surface area (Å²) in [6.07, 6.45) is 1.32. The lowest BCUT2D eigenvalue weighted by Crippen LogP contribution is -2.27. The highest BCUT2D eigenvalue weighted by Crippen LogP contribution is 2.36. The lowest BCUT2D eigenvalue weighted by Gasteiger charge is -2.13. The second kappa shape index (κ2) is 7.04. The van der Waals surface area contributed by atoms with Crippen LogP contribution in [0.1, 0.15) is 0 Å². The third-order valence-electron chi connectivity index (χ3n) is 3.63. The van der Waals surface area contributed by atoms with Crippen LogP contribution in [0.25, 0.3) is 10.9 Å². The second-order valence-corrected chi connectivity index (χ2v) is 5.16. The average Bonchev–Trinajstić information content (AvgIpc) is 2.64.